The predicted octanol–water partition coefficient (Wildman–Crippen LogP) is 3.97. The van der Waals surface area contributed by atoms with Crippen molar-refractivity contribution in [1.29, 1.82) is 5.26 Å². The van der Waals surface area contributed by atoms with Crippen LogP contribution in [0, 0.1) is 23.0 Å². The van der Waals surface area contributed by atoms with E-state index in [0.717, 1.165) is 12.1 Å². The highest BCUT2D eigenvalue weighted by molar-refractivity contribution is 9.10. The summed E-state index contributed by atoms with van der Waals surface area (Å²) in [6, 6.07) is 7.95. The van der Waals surface area contributed by atoms with Crippen LogP contribution >= 0.6 is 15.9 Å². The number of nitrogens with two attached hydrogens (primary N) is 1. The van der Waals surface area contributed by atoms with Crippen molar-refractivity contribution in [2.75, 3.05) is 5.73 Å². The Kier molecular flexibility index (Phi) is 3.67. The van der Waals surface area contributed by atoms with Crippen molar-refractivity contribution in [2.24, 2.45) is 0 Å². The van der Waals surface area contributed by atoms with Gasteiger partial charge in [0.2, 0.25) is 0 Å². The molecule has 0 fully saturated rings. The predicted molar refractivity (Wildman–Crippen MR) is 69.7 cm³/mol. The zero-order valence-electron chi connectivity index (χ0n) is 9.45. The Labute approximate surface area is 116 Å². The van der Waals surface area contributed by atoms with E-state index in [1.807, 2.05) is 6.07 Å². The van der Waals surface area contributed by atoms with Crippen LogP contribution in [0.2, 0.25) is 0 Å². The average Bonchev–Trinajstić information content (AvgIpc) is 2.38. The van der Waals surface area contributed by atoms with E-state index < -0.39 is 11.6 Å². The number of hydrogen-bond acceptors (Lipinski definition) is 3. The summed E-state index contributed by atoms with van der Waals surface area (Å²) < 4.78 is 32.2. The molecule has 2 rings (SSSR count). The Balaban J connectivity index is 2.37. The van der Waals surface area contributed by atoms with Crippen LogP contribution in [-0.2, 0) is 0 Å². The highest BCUT2D eigenvalue weighted by Gasteiger charge is 2.11. The Bertz CT molecular complexity index is 683. The van der Waals surface area contributed by atoms with Gasteiger partial charge in [-0.1, -0.05) is 0 Å². The molecule has 96 valence electrons. The maximum absolute atomic E-state index is 13.6. The third-order valence-corrected chi connectivity index (χ3v) is 2.94. The number of nitriles is 1. The summed E-state index contributed by atoms with van der Waals surface area (Å²) >= 11 is 2.99. The molecule has 0 aromatic heterocycles. The van der Waals surface area contributed by atoms with Crippen molar-refractivity contribution in [3.63, 3.8) is 0 Å². The van der Waals surface area contributed by atoms with Crippen LogP contribution in [-0.4, -0.2) is 0 Å². The molecule has 0 amide bonds. The standard InChI is InChI=1S/C13H7BrF2N2O/c14-8-4-13(11(18)5-9(8)15)19-12-2-1-7(6-17)3-10(12)16/h1-5H,18H2. The minimum atomic E-state index is -0.695. The Morgan fingerprint density at radius 1 is 1.11 bits per heavy atom. The molecule has 0 aliphatic rings. The molecule has 3 nitrogen and oxygen atoms in total. The third-order valence-electron chi connectivity index (χ3n) is 2.33. The summed E-state index contributed by atoms with van der Waals surface area (Å²) in [5.74, 6) is -1.20. The van der Waals surface area contributed by atoms with Gasteiger partial charge in [0.15, 0.2) is 17.3 Å². The molecule has 6 heteroatoms. The first-order valence-corrected chi connectivity index (χ1v) is 5.92. The zero-order chi connectivity index (χ0) is 14.0. The molecule has 0 saturated heterocycles. The first-order chi connectivity index (χ1) is 9.01. The van der Waals surface area contributed by atoms with Crippen LogP contribution in [0.15, 0.2) is 34.8 Å². The first-order valence-electron chi connectivity index (χ1n) is 5.13. The quantitative estimate of drug-likeness (QED) is 0.850. The van der Waals surface area contributed by atoms with Crippen LogP contribution < -0.4 is 10.5 Å². The summed E-state index contributed by atoms with van der Waals surface area (Å²) in [5.41, 5.74) is 5.81. The molecule has 19 heavy (non-hydrogen) atoms. The van der Waals surface area contributed by atoms with Crippen LogP contribution in [0.5, 0.6) is 11.5 Å². The minimum absolute atomic E-state index is 0.0458. The van der Waals surface area contributed by atoms with Crippen molar-refractivity contribution in [1.82, 2.24) is 0 Å². The van der Waals surface area contributed by atoms with E-state index in [2.05, 4.69) is 15.9 Å². The molecular formula is C13H7BrF2N2O. The van der Waals surface area contributed by atoms with Crippen LogP contribution in [0.4, 0.5) is 14.5 Å². The number of hydrogen-bond donors (Lipinski definition) is 1. The largest absolute Gasteiger partial charge is 0.452 e. The van der Waals surface area contributed by atoms with Gasteiger partial charge in [0, 0.05) is 12.1 Å². The number of ether oxygens (including phenoxy) is 1. The number of nitrogens with zero attached hydrogens (tertiary/aromatic N) is 1. The van der Waals surface area contributed by atoms with Crippen LogP contribution in [0.25, 0.3) is 0 Å². The lowest BCUT2D eigenvalue weighted by Crippen LogP contribution is -1.96. The number of benzene rings is 2. The van der Waals surface area contributed by atoms with E-state index in [0.29, 0.717) is 0 Å². The van der Waals surface area contributed by atoms with E-state index in [9.17, 15) is 8.78 Å². The maximum atomic E-state index is 13.6. The molecule has 2 N–H and O–H groups in total. The van der Waals surface area contributed by atoms with Crippen molar-refractivity contribution >= 4 is 21.6 Å². The van der Waals surface area contributed by atoms with Gasteiger partial charge in [-0.25, -0.2) is 8.78 Å². The summed E-state index contributed by atoms with van der Waals surface area (Å²) in [6.45, 7) is 0. The Hall–Kier alpha value is -2.13. The van der Waals surface area contributed by atoms with Gasteiger partial charge >= 0.3 is 0 Å². The lowest BCUT2D eigenvalue weighted by molar-refractivity contribution is 0.442. The minimum Gasteiger partial charge on any atom is -0.452 e. The Morgan fingerprint density at radius 2 is 1.84 bits per heavy atom. The summed E-state index contributed by atoms with van der Waals surface area (Å²) in [7, 11) is 0. The van der Waals surface area contributed by atoms with Gasteiger partial charge < -0.3 is 10.5 Å². The molecule has 0 spiro atoms. The van der Waals surface area contributed by atoms with E-state index in [-0.39, 0.29) is 27.2 Å². The van der Waals surface area contributed by atoms with Crippen molar-refractivity contribution in [3.05, 3.63) is 52.0 Å². The van der Waals surface area contributed by atoms with Gasteiger partial charge in [0.1, 0.15) is 5.82 Å². The number of rotatable bonds is 2. The first kappa shape index (κ1) is 13.3. The highest BCUT2D eigenvalue weighted by atomic mass is 79.9. The molecule has 2 aromatic carbocycles. The van der Waals surface area contributed by atoms with Crippen molar-refractivity contribution in [3.8, 4) is 17.6 Å². The zero-order valence-corrected chi connectivity index (χ0v) is 11.0. The molecular weight excluding hydrogens is 318 g/mol. The topological polar surface area (TPSA) is 59.0 Å². The van der Waals surface area contributed by atoms with Crippen molar-refractivity contribution in [2.45, 2.75) is 0 Å². The molecule has 0 bridgehead atoms. The fourth-order valence-corrected chi connectivity index (χ4v) is 1.73. The molecule has 0 heterocycles. The van der Waals surface area contributed by atoms with Crippen LogP contribution in [0.3, 0.4) is 0 Å². The van der Waals surface area contributed by atoms with E-state index in [4.69, 9.17) is 15.7 Å². The second kappa shape index (κ2) is 5.24. The molecule has 0 radical (unpaired) electrons. The summed E-state index contributed by atoms with van der Waals surface area (Å²) in [4.78, 5) is 0. The van der Waals surface area contributed by atoms with Gasteiger partial charge in [-0.15, -0.1) is 0 Å². The monoisotopic (exact) mass is 324 g/mol. The fourth-order valence-electron chi connectivity index (χ4n) is 1.40. The number of anilines is 1. The van der Waals surface area contributed by atoms with Crippen LogP contribution in [0.1, 0.15) is 5.56 Å². The molecule has 0 saturated carbocycles. The van der Waals surface area contributed by atoms with E-state index in [1.54, 1.807) is 0 Å². The molecule has 0 aliphatic heterocycles. The fraction of sp³-hybridized carbons (Fsp3) is 0. The third kappa shape index (κ3) is 2.83. The molecule has 0 atom stereocenters. The smallest absolute Gasteiger partial charge is 0.167 e. The maximum Gasteiger partial charge on any atom is 0.167 e. The summed E-state index contributed by atoms with van der Waals surface area (Å²) in [5, 5.41) is 8.63. The van der Waals surface area contributed by atoms with Crippen molar-refractivity contribution < 1.29 is 13.5 Å². The van der Waals surface area contributed by atoms with Gasteiger partial charge in [0.05, 0.1) is 21.8 Å². The van der Waals surface area contributed by atoms with Gasteiger partial charge in [-0.05, 0) is 34.1 Å². The second-order valence-corrected chi connectivity index (χ2v) is 4.52. The molecule has 2 aromatic rings. The normalized spacial score (nSPS) is 10.0. The van der Waals surface area contributed by atoms with Gasteiger partial charge in [0.25, 0.3) is 0 Å². The lowest BCUT2D eigenvalue weighted by Gasteiger charge is -2.10. The van der Waals surface area contributed by atoms with Gasteiger partial charge in [-0.3, -0.25) is 0 Å². The van der Waals surface area contributed by atoms with Gasteiger partial charge in [-0.2, -0.15) is 5.26 Å². The molecule has 0 aliphatic carbocycles. The average molecular weight is 325 g/mol. The number of halogens is 3. The van der Waals surface area contributed by atoms with E-state index >= 15 is 0 Å². The number of nitrogen functional groups attached to an aromatic ring is 1. The van der Waals surface area contributed by atoms with E-state index in [1.165, 1.54) is 18.2 Å². The lowest BCUT2D eigenvalue weighted by atomic mass is 10.2. The SMILES string of the molecule is N#Cc1ccc(Oc2cc(Br)c(F)cc2N)c(F)c1. The second-order valence-electron chi connectivity index (χ2n) is 3.66. The highest BCUT2D eigenvalue weighted by Crippen LogP contribution is 2.33. The Morgan fingerprint density at radius 3 is 2.47 bits per heavy atom. The molecule has 0 unspecified atom stereocenters. The summed E-state index contributed by atoms with van der Waals surface area (Å²) in [6.07, 6.45) is 0.